The van der Waals surface area contributed by atoms with E-state index in [1.165, 1.54) is 0 Å². The molecule has 0 unspecified atom stereocenters. The van der Waals surface area contributed by atoms with Gasteiger partial charge in [-0.25, -0.2) is 0 Å². The van der Waals surface area contributed by atoms with Crippen LogP contribution >= 0.6 is 0 Å². The van der Waals surface area contributed by atoms with Crippen LogP contribution in [0.25, 0.3) is 0 Å². The molecule has 0 bridgehead atoms. The third kappa shape index (κ3) is 3.20. The van der Waals surface area contributed by atoms with Crippen molar-refractivity contribution in [1.29, 1.82) is 0 Å². The molecule has 1 fully saturated rings. The molecule has 1 aliphatic carbocycles. The van der Waals surface area contributed by atoms with Crippen molar-refractivity contribution in [2.45, 2.75) is 25.3 Å². The Labute approximate surface area is 139 Å². The van der Waals surface area contributed by atoms with Gasteiger partial charge in [0.05, 0.1) is 6.54 Å². The third-order valence-electron chi connectivity index (χ3n) is 4.03. The minimum absolute atomic E-state index is 0.00746. The lowest BCUT2D eigenvalue weighted by molar-refractivity contribution is 0.103. The predicted molar refractivity (Wildman–Crippen MR) is 89.9 cm³/mol. The molecular weight excluding hydrogens is 302 g/mol. The highest BCUT2D eigenvalue weighted by molar-refractivity contribution is 6.09. The summed E-state index contributed by atoms with van der Waals surface area (Å²) in [6.07, 6.45) is 2.30. The topological polar surface area (TPSA) is 68.0 Å². The molecule has 3 aromatic rings. The van der Waals surface area contributed by atoms with Gasteiger partial charge >= 0.3 is 0 Å². The minimum atomic E-state index is 0.00746. The van der Waals surface area contributed by atoms with Gasteiger partial charge < -0.3 is 9.84 Å². The Morgan fingerprint density at radius 3 is 2.67 bits per heavy atom. The summed E-state index contributed by atoms with van der Waals surface area (Å²) in [5.41, 5.74) is 2.18. The van der Waals surface area contributed by atoms with Crippen LogP contribution in [0.5, 0.6) is 0 Å². The van der Waals surface area contributed by atoms with Gasteiger partial charge in [-0.15, -0.1) is 0 Å². The maximum absolute atomic E-state index is 12.5. The van der Waals surface area contributed by atoms with Crippen molar-refractivity contribution in [3.63, 3.8) is 0 Å². The molecule has 1 N–H and O–H groups in total. The van der Waals surface area contributed by atoms with Crippen LogP contribution < -0.4 is 5.32 Å². The Morgan fingerprint density at radius 2 is 1.88 bits per heavy atom. The van der Waals surface area contributed by atoms with E-state index in [0.29, 0.717) is 29.5 Å². The number of rotatable bonds is 6. The molecule has 5 nitrogen and oxygen atoms in total. The van der Waals surface area contributed by atoms with Crippen molar-refractivity contribution in [3.05, 3.63) is 77.4 Å². The second kappa shape index (κ2) is 6.28. The zero-order valence-corrected chi connectivity index (χ0v) is 13.1. The van der Waals surface area contributed by atoms with E-state index < -0.39 is 0 Å². The number of hydrogen-bond acceptors (Lipinski definition) is 5. The number of benzene rings is 2. The maximum Gasteiger partial charge on any atom is 0.245 e. The summed E-state index contributed by atoms with van der Waals surface area (Å²) in [4.78, 5) is 16.9. The first kappa shape index (κ1) is 14.6. The first-order chi connectivity index (χ1) is 11.8. The molecule has 0 amide bonds. The van der Waals surface area contributed by atoms with Crippen LogP contribution in [0.3, 0.4) is 0 Å². The fourth-order valence-corrected chi connectivity index (χ4v) is 2.55. The van der Waals surface area contributed by atoms with Gasteiger partial charge in [0.25, 0.3) is 0 Å². The molecule has 1 heterocycles. The highest BCUT2D eigenvalue weighted by Crippen LogP contribution is 2.38. The highest BCUT2D eigenvalue weighted by Gasteiger charge is 2.28. The third-order valence-corrected chi connectivity index (χ3v) is 4.03. The molecule has 1 saturated carbocycles. The highest BCUT2D eigenvalue weighted by atomic mass is 16.5. The van der Waals surface area contributed by atoms with E-state index in [4.69, 9.17) is 4.52 Å². The summed E-state index contributed by atoms with van der Waals surface area (Å²) < 4.78 is 5.24. The first-order valence-corrected chi connectivity index (χ1v) is 8.06. The van der Waals surface area contributed by atoms with E-state index in [-0.39, 0.29) is 5.78 Å². The molecule has 120 valence electrons. The first-order valence-electron chi connectivity index (χ1n) is 8.06. The molecular formula is C19H17N3O2. The van der Waals surface area contributed by atoms with Crippen LogP contribution in [0.15, 0.2) is 59.1 Å². The molecule has 1 aliphatic rings. The minimum Gasteiger partial charge on any atom is -0.376 e. The number of ketones is 1. The van der Waals surface area contributed by atoms with Crippen molar-refractivity contribution >= 4 is 11.5 Å². The summed E-state index contributed by atoms with van der Waals surface area (Å²) >= 11 is 0. The number of anilines is 1. The lowest BCUT2D eigenvalue weighted by Crippen LogP contribution is -2.04. The summed E-state index contributed by atoms with van der Waals surface area (Å²) in [5, 5.41) is 7.23. The van der Waals surface area contributed by atoms with Crippen molar-refractivity contribution in [3.8, 4) is 0 Å². The SMILES string of the molecule is O=C(c1ccccc1)c1cccc(NCc2nc(C3CC3)no2)c1. The van der Waals surface area contributed by atoms with E-state index in [0.717, 1.165) is 24.4 Å². The van der Waals surface area contributed by atoms with Gasteiger partial charge in [-0.05, 0) is 25.0 Å². The molecule has 2 aromatic carbocycles. The average molecular weight is 319 g/mol. The number of nitrogens with zero attached hydrogens (tertiary/aromatic N) is 2. The lowest BCUT2D eigenvalue weighted by Gasteiger charge is -2.06. The van der Waals surface area contributed by atoms with Crippen LogP contribution in [0, 0.1) is 0 Å². The van der Waals surface area contributed by atoms with Crippen LogP contribution in [0.2, 0.25) is 0 Å². The molecule has 4 rings (SSSR count). The number of carbonyl (C=O) groups excluding carboxylic acids is 1. The standard InChI is InChI=1S/C19H17N3O2/c23-18(13-5-2-1-3-6-13)15-7-4-8-16(11-15)20-12-17-21-19(22-24-17)14-9-10-14/h1-8,11,14,20H,9-10,12H2. The molecule has 0 spiro atoms. The normalized spacial score (nSPS) is 13.7. The Bertz CT molecular complexity index is 854. The van der Waals surface area contributed by atoms with E-state index in [9.17, 15) is 4.79 Å². The Kier molecular flexibility index (Phi) is 3.83. The molecule has 0 aliphatic heterocycles. The zero-order chi connectivity index (χ0) is 16.4. The number of nitrogens with one attached hydrogen (secondary N) is 1. The fraction of sp³-hybridized carbons (Fsp3) is 0.211. The Morgan fingerprint density at radius 1 is 1.08 bits per heavy atom. The smallest absolute Gasteiger partial charge is 0.245 e. The molecule has 24 heavy (non-hydrogen) atoms. The van der Waals surface area contributed by atoms with E-state index in [2.05, 4.69) is 15.5 Å². The maximum atomic E-state index is 12.5. The monoisotopic (exact) mass is 319 g/mol. The molecule has 0 atom stereocenters. The summed E-state index contributed by atoms with van der Waals surface area (Å²) in [7, 11) is 0. The summed E-state index contributed by atoms with van der Waals surface area (Å²) in [5.74, 6) is 1.86. The van der Waals surface area contributed by atoms with Crippen molar-refractivity contribution in [2.75, 3.05) is 5.32 Å². The molecule has 5 heteroatoms. The van der Waals surface area contributed by atoms with Gasteiger partial charge in [-0.2, -0.15) is 4.98 Å². The van der Waals surface area contributed by atoms with Crippen LogP contribution in [0.4, 0.5) is 5.69 Å². The quantitative estimate of drug-likeness (QED) is 0.700. The van der Waals surface area contributed by atoms with Crippen molar-refractivity contribution < 1.29 is 9.32 Å². The lowest BCUT2D eigenvalue weighted by atomic mass is 10.0. The fourth-order valence-electron chi connectivity index (χ4n) is 2.55. The second-order valence-corrected chi connectivity index (χ2v) is 5.95. The van der Waals surface area contributed by atoms with Gasteiger partial charge in [-0.3, -0.25) is 4.79 Å². The number of hydrogen-bond donors (Lipinski definition) is 1. The van der Waals surface area contributed by atoms with E-state index >= 15 is 0 Å². The number of carbonyl (C=O) groups is 1. The summed E-state index contributed by atoms with van der Waals surface area (Å²) in [6, 6.07) is 16.7. The van der Waals surface area contributed by atoms with Crippen molar-refractivity contribution in [1.82, 2.24) is 10.1 Å². The predicted octanol–water partition coefficient (Wildman–Crippen LogP) is 3.79. The van der Waals surface area contributed by atoms with Gasteiger partial charge in [0.2, 0.25) is 5.89 Å². The van der Waals surface area contributed by atoms with Crippen molar-refractivity contribution in [2.24, 2.45) is 0 Å². The van der Waals surface area contributed by atoms with Crippen LogP contribution in [0.1, 0.15) is 46.4 Å². The van der Waals surface area contributed by atoms with Gasteiger partial charge in [0.1, 0.15) is 0 Å². The Hall–Kier alpha value is -2.95. The molecule has 1 aromatic heterocycles. The van der Waals surface area contributed by atoms with Crippen LogP contribution in [-0.2, 0) is 6.54 Å². The van der Waals surface area contributed by atoms with E-state index in [1.807, 2.05) is 54.6 Å². The van der Waals surface area contributed by atoms with E-state index in [1.54, 1.807) is 0 Å². The Balaban J connectivity index is 1.45. The number of aromatic nitrogens is 2. The van der Waals surface area contributed by atoms with Gasteiger partial charge in [-0.1, -0.05) is 47.6 Å². The molecule has 0 saturated heterocycles. The van der Waals surface area contributed by atoms with Crippen LogP contribution in [-0.4, -0.2) is 15.9 Å². The van der Waals surface area contributed by atoms with Gasteiger partial charge in [0, 0.05) is 22.7 Å². The molecule has 0 radical (unpaired) electrons. The van der Waals surface area contributed by atoms with Gasteiger partial charge in [0.15, 0.2) is 11.6 Å². The average Bonchev–Trinajstić information content (AvgIpc) is 3.39. The zero-order valence-electron chi connectivity index (χ0n) is 13.1. The largest absolute Gasteiger partial charge is 0.376 e. The second-order valence-electron chi connectivity index (χ2n) is 5.95. The summed E-state index contributed by atoms with van der Waals surface area (Å²) in [6.45, 7) is 0.447.